The fourth-order valence-corrected chi connectivity index (χ4v) is 0.759. The van der Waals surface area contributed by atoms with Crippen molar-refractivity contribution in [2.75, 3.05) is 7.05 Å². The van der Waals surface area contributed by atoms with Crippen LogP contribution in [0.2, 0.25) is 0 Å². The first-order valence-corrected chi connectivity index (χ1v) is 3.74. The molecule has 2 heteroatoms. The number of nitrogens with two attached hydrogens (primary N) is 1. The number of hydrogen-bond donors (Lipinski definition) is 2. The molecule has 0 saturated heterocycles. The van der Waals surface area contributed by atoms with E-state index in [1.54, 1.807) is 0 Å². The lowest BCUT2D eigenvalue weighted by Crippen LogP contribution is -2.33. The van der Waals surface area contributed by atoms with E-state index in [2.05, 4.69) is 12.2 Å². The van der Waals surface area contributed by atoms with Crippen LogP contribution in [0.3, 0.4) is 0 Å². The second-order valence-electron chi connectivity index (χ2n) is 2.39. The van der Waals surface area contributed by atoms with Gasteiger partial charge >= 0.3 is 0 Å². The summed E-state index contributed by atoms with van der Waals surface area (Å²) in [5.74, 6) is 0. The SMILES string of the molecule is CCCCCC(N)NC. The Labute approximate surface area is 57.8 Å². The summed E-state index contributed by atoms with van der Waals surface area (Å²) in [6, 6.07) is 0. The highest BCUT2D eigenvalue weighted by molar-refractivity contribution is 4.53. The Balaban J connectivity index is 2.88. The van der Waals surface area contributed by atoms with Crippen molar-refractivity contribution in [2.24, 2.45) is 5.73 Å². The van der Waals surface area contributed by atoms with E-state index in [4.69, 9.17) is 5.73 Å². The fourth-order valence-electron chi connectivity index (χ4n) is 0.759. The van der Waals surface area contributed by atoms with Gasteiger partial charge in [-0.25, -0.2) is 0 Å². The Morgan fingerprint density at radius 2 is 2.11 bits per heavy atom. The van der Waals surface area contributed by atoms with Crippen LogP contribution < -0.4 is 11.1 Å². The Hall–Kier alpha value is -0.0800. The fraction of sp³-hybridized carbons (Fsp3) is 1.00. The molecular formula is C7H18N2. The van der Waals surface area contributed by atoms with E-state index in [0.717, 1.165) is 6.42 Å². The molecule has 0 spiro atoms. The minimum Gasteiger partial charge on any atom is -0.316 e. The van der Waals surface area contributed by atoms with E-state index in [-0.39, 0.29) is 6.17 Å². The minimum atomic E-state index is 0.205. The maximum atomic E-state index is 5.60. The molecule has 0 heterocycles. The van der Waals surface area contributed by atoms with Gasteiger partial charge in [0.2, 0.25) is 0 Å². The molecule has 1 unspecified atom stereocenters. The van der Waals surface area contributed by atoms with Crippen LogP contribution in [0.5, 0.6) is 0 Å². The topological polar surface area (TPSA) is 38.0 Å². The first kappa shape index (κ1) is 8.92. The second-order valence-corrected chi connectivity index (χ2v) is 2.39. The van der Waals surface area contributed by atoms with Crippen molar-refractivity contribution in [3.8, 4) is 0 Å². The van der Waals surface area contributed by atoms with Crippen LogP contribution in [-0.4, -0.2) is 13.2 Å². The zero-order valence-electron chi connectivity index (χ0n) is 6.48. The molecular weight excluding hydrogens is 112 g/mol. The summed E-state index contributed by atoms with van der Waals surface area (Å²) in [4.78, 5) is 0. The van der Waals surface area contributed by atoms with Crippen molar-refractivity contribution in [3.05, 3.63) is 0 Å². The summed E-state index contributed by atoms with van der Waals surface area (Å²) < 4.78 is 0. The van der Waals surface area contributed by atoms with Crippen molar-refractivity contribution >= 4 is 0 Å². The predicted molar refractivity (Wildman–Crippen MR) is 41.2 cm³/mol. The van der Waals surface area contributed by atoms with Gasteiger partial charge in [-0.05, 0) is 13.5 Å². The predicted octanol–water partition coefficient (Wildman–Crippen LogP) is 1.07. The van der Waals surface area contributed by atoms with E-state index in [0.29, 0.717) is 0 Å². The summed E-state index contributed by atoms with van der Waals surface area (Å²) in [7, 11) is 1.90. The van der Waals surface area contributed by atoms with E-state index in [1.807, 2.05) is 7.05 Å². The molecule has 3 N–H and O–H groups in total. The summed E-state index contributed by atoms with van der Waals surface area (Å²) >= 11 is 0. The molecule has 0 amide bonds. The molecule has 0 aromatic heterocycles. The van der Waals surface area contributed by atoms with Gasteiger partial charge in [0.25, 0.3) is 0 Å². The molecule has 0 aliphatic rings. The molecule has 0 rings (SSSR count). The lowest BCUT2D eigenvalue weighted by atomic mass is 10.2. The van der Waals surface area contributed by atoms with Crippen molar-refractivity contribution < 1.29 is 0 Å². The third kappa shape index (κ3) is 5.80. The van der Waals surface area contributed by atoms with Crippen molar-refractivity contribution in [1.29, 1.82) is 0 Å². The third-order valence-corrected chi connectivity index (χ3v) is 1.49. The van der Waals surface area contributed by atoms with Crippen LogP contribution in [-0.2, 0) is 0 Å². The van der Waals surface area contributed by atoms with Gasteiger partial charge in [-0.3, -0.25) is 0 Å². The maximum absolute atomic E-state index is 5.60. The number of hydrogen-bond acceptors (Lipinski definition) is 2. The Morgan fingerprint density at radius 3 is 2.56 bits per heavy atom. The largest absolute Gasteiger partial charge is 0.316 e. The molecule has 0 aromatic carbocycles. The molecule has 0 fully saturated rings. The monoisotopic (exact) mass is 130 g/mol. The van der Waals surface area contributed by atoms with Gasteiger partial charge in [-0.1, -0.05) is 26.2 Å². The molecule has 9 heavy (non-hydrogen) atoms. The average Bonchev–Trinajstić information content (AvgIpc) is 1.89. The first-order chi connectivity index (χ1) is 4.31. The van der Waals surface area contributed by atoms with Crippen LogP contribution >= 0.6 is 0 Å². The molecule has 0 radical (unpaired) electrons. The zero-order chi connectivity index (χ0) is 7.11. The van der Waals surface area contributed by atoms with Crippen molar-refractivity contribution in [2.45, 2.75) is 38.8 Å². The van der Waals surface area contributed by atoms with E-state index in [1.165, 1.54) is 19.3 Å². The summed E-state index contributed by atoms with van der Waals surface area (Å²) in [6.07, 6.45) is 5.13. The van der Waals surface area contributed by atoms with Gasteiger partial charge in [0.05, 0.1) is 6.17 Å². The Kier molecular flexibility index (Phi) is 5.99. The highest BCUT2D eigenvalue weighted by Gasteiger charge is 1.94. The number of rotatable bonds is 5. The third-order valence-electron chi connectivity index (χ3n) is 1.49. The normalized spacial score (nSPS) is 13.7. The summed E-state index contributed by atoms with van der Waals surface area (Å²) in [5.41, 5.74) is 5.60. The molecule has 0 aliphatic carbocycles. The smallest absolute Gasteiger partial charge is 0.0543 e. The van der Waals surface area contributed by atoms with Crippen LogP contribution in [0, 0.1) is 0 Å². The summed E-state index contributed by atoms with van der Waals surface area (Å²) in [6.45, 7) is 2.20. The van der Waals surface area contributed by atoms with Gasteiger partial charge in [0.15, 0.2) is 0 Å². The molecule has 0 aromatic rings. The lowest BCUT2D eigenvalue weighted by Gasteiger charge is -2.07. The zero-order valence-corrected chi connectivity index (χ0v) is 6.48. The second kappa shape index (κ2) is 6.05. The van der Waals surface area contributed by atoms with E-state index < -0.39 is 0 Å². The van der Waals surface area contributed by atoms with Crippen LogP contribution in [0.15, 0.2) is 0 Å². The number of unbranched alkanes of at least 4 members (excludes halogenated alkanes) is 2. The van der Waals surface area contributed by atoms with Gasteiger partial charge in [0.1, 0.15) is 0 Å². The molecule has 1 atom stereocenters. The van der Waals surface area contributed by atoms with Crippen molar-refractivity contribution in [1.82, 2.24) is 5.32 Å². The van der Waals surface area contributed by atoms with Gasteiger partial charge in [0, 0.05) is 0 Å². The molecule has 0 aliphatic heterocycles. The molecule has 0 saturated carbocycles. The Morgan fingerprint density at radius 1 is 1.44 bits per heavy atom. The van der Waals surface area contributed by atoms with E-state index in [9.17, 15) is 0 Å². The van der Waals surface area contributed by atoms with Gasteiger partial charge in [-0.2, -0.15) is 0 Å². The lowest BCUT2D eigenvalue weighted by molar-refractivity contribution is 0.507. The van der Waals surface area contributed by atoms with Gasteiger partial charge in [-0.15, -0.1) is 0 Å². The quantitative estimate of drug-likeness (QED) is 0.431. The van der Waals surface area contributed by atoms with Gasteiger partial charge < -0.3 is 11.1 Å². The molecule has 56 valence electrons. The van der Waals surface area contributed by atoms with Crippen LogP contribution in [0.4, 0.5) is 0 Å². The summed E-state index contributed by atoms with van der Waals surface area (Å²) in [5, 5.41) is 3.00. The maximum Gasteiger partial charge on any atom is 0.0543 e. The first-order valence-electron chi connectivity index (χ1n) is 3.74. The Bertz CT molecular complexity index is 54.9. The average molecular weight is 130 g/mol. The molecule has 2 nitrogen and oxygen atoms in total. The highest BCUT2D eigenvalue weighted by atomic mass is 15.0. The standard InChI is InChI=1S/C7H18N2/c1-3-4-5-6-7(8)9-2/h7,9H,3-6,8H2,1-2H3. The van der Waals surface area contributed by atoms with Crippen LogP contribution in [0.1, 0.15) is 32.6 Å². The van der Waals surface area contributed by atoms with Crippen molar-refractivity contribution in [3.63, 3.8) is 0 Å². The van der Waals surface area contributed by atoms with E-state index >= 15 is 0 Å². The number of nitrogens with one attached hydrogen (secondary N) is 1. The minimum absolute atomic E-state index is 0.205. The highest BCUT2D eigenvalue weighted by Crippen LogP contribution is 1.98. The molecule has 0 bridgehead atoms. The van der Waals surface area contributed by atoms with Crippen LogP contribution in [0.25, 0.3) is 0 Å².